The number of benzene rings is 2. The van der Waals surface area contributed by atoms with Crippen LogP contribution in [0.3, 0.4) is 0 Å². The molecule has 6 nitrogen and oxygen atoms in total. The number of hydrogen-bond donors (Lipinski definition) is 1. The van der Waals surface area contributed by atoms with Gasteiger partial charge in [-0.2, -0.15) is 0 Å². The van der Waals surface area contributed by atoms with Crippen molar-refractivity contribution in [2.75, 3.05) is 34.3 Å². The fraction of sp³-hybridized carbons (Fsp3) is 0.333. The van der Waals surface area contributed by atoms with Crippen LogP contribution in [0.4, 0.5) is 0 Å². The van der Waals surface area contributed by atoms with E-state index in [1.807, 2.05) is 14.1 Å². The van der Waals surface area contributed by atoms with Gasteiger partial charge in [0.15, 0.2) is 0 Å². The Kier molecular flexibility index (Phi) is 7.49. The zero-order valence-corrected chi connectivity index (χ0v) is 20.0. The number of Topliss-reactive ketones (excluding diaryl/α,β-unsaturated/α-hetero) is 1. The van der Waals surface area contributed by atoms with E-state index in [0.717, 1.165) is 6.54 Å². The number of ketones is 1. The summed E-state index contributed by atoms with van der Waals surface area (Å²) < 4.78 is 5.21. The van der Waals surface area contributed by atoms with E-state index >= 15 is 0 Å². The summed E-state index contributed by atoms with van der Waals surface area (Å²) in [5.41, 5.74) is 1.51. The van der Waals surface area contributed by atoms with Gasteiger partial charge in [0, 0.05) is 18.5 Å². The highest BCUT2D eigenvalue weighted by Crippen LogP contribution is 2.40. The molecule has 3 rings (SSSR count). The minimum Gasteiger partial charge on any atom is -0.872 e. The molecular formula is C24H26Cl2N2O4. The molecule has 0 aliphatic carbocycles. The monoisotopic (exact) mass is 476 g/mol. The van der Waals surface area contributed by atoms with E-state index in [1.54, 1.807) is 43.3 Å². The highest BCUT2D eigenvalue weighted by Gasteiger charge is 2.44. The molecule has 1 fully saturated rings. The van der Waals surface area contributed by atoms with Gasteiger partial charge in [0.25, 0.3) is 5.91 Å². The number of amides is 1. The minimum atomic E-state index is -0.823. The number of nitrogens with one attached hydrogen (secondary N) is 1. The quantitative estimate of drug-likeness (QED) is 0.377. The Morgan fingerprint density at radius 2 is 1.84 bits per heavy atom. The maximum absolute atomic E-state index is 13.5. The van der Waals surface area contributed by atoms with Gasteiger partial charge in [0.05, 0.1) is 43.8 Å². The average Bonchev–Trinajstić information content (AvgIpc) is 3.00. The Morgan fingerprint density at radius 3 is 2.44 bits per heavy atom. The molecule has 32 heavy (non-hydrogen) atoms. The van der Waals surface area contributed by atoms with E-state index in [2.05, 4.69) is 0 Å². The Bertz CT molecular complexity index is 1080. The molecule has 1 aliphatic heterocycles. The fourth-order valence-corrected chi connectivity index (χ4v) is 4.20. The predicted octanol–water partition coefficient (Wildman–Crippen LogP) is 2.07. The lowest BCUT2D eigenvalue weighted by Gasteiger charge is -2.28. The van der Waals surface area contributed by atoms with Gasteiger partial charge in [-0.3, -0.25) is 9.59 Å². The number of methoxy groups -OCH3 is 1. The van der Waals surface area contributed by atoms with Crippen molar-refractivity contribution in [1.29, 1.82) is 0 Å². The van der Waals surface area contributed by atoms with Crippen molar-refractivity contribution in [2.45, 2.75) is 19.4 Å². The van der Waals surface area contributed by atoms with Gasteiger partial charge >= 0.3 is 0 Å². The average molecular weight is 477 g/mol. The third-order valence-corrected chi connectivity index (χ3v) is 6.28. The smallest absolute Gasteiger partial charge is 0.295 e. The summed E-state index contributed by atoms with van der Waals surface area (Å²) >= 11 is 12.3. The molecule has 0 radical (unpaired) electrons. The van der Waals surface area contributed by atoms with Crippen LogP contribution in [0.1, 0.15) is 29.2 Å². The molecule has 0 spiro atoms. The molecule has 0 saturated carbocycles. The van der Waals surface area contributed by atoms with Crippen LogP contribution < -0.4 is 14.7 Å². The summed E-state index contributed by atoms with van der Waals surface area (Å²) in [5.74, 6) is -1.32. The van der Waals surface area contributed by atoms with Crippen LogP contribution in [0, 0.1) is 6.92 Å². The standard InChI is InChI=1S/C24H26Cl2N2O4/c1-14-12-16(32-4)7-8-17(14)22(29)20-21(15-6-9-18(25)19(26)13-15)28(24(31)23(20)30)11-5-10-27(2)3/h6-9,12-13,21,29H,5,10-11H2,1-4H3. The van der Waals surface area contributed by atoms with Gasteiger partial charge in [-0.05, 0) is 47.9 Å². The third kappa shape index (κ3) is 4.77. The lowest BCUT2D eigenvalue weighted by molar-refractivity contribution is -0.858. The summed E-state index contributed by atoms with van der Waals surface area (Å²) in [7, 11) is 5.57. The lowest BCUT2D eigenvalue weighted by Crippen LogP contribution is -3.05. The van der Waals surface area contributed by atoms with Gasteiger partial charge in [-0.25, -0.2) is 0 Å². The number of aryl methyl sites for hydroxylation is 1. The molecule has 2 aromatic carbocycles. The Balaban J connectivity index is 2.15. The Morgan fingerprint density at radius 1 is 1.12 bits per heavy atom. The second-order valence-corrected chi connectivity index (χ2v) is 8.95. The van der Waals surface area contributed by atoms with E-state index in [9.17, 15) is 14.7 Å². The second kappa shape index (κ2) is 9.94. The van der Waals surface area contributed by atoms with Crippen molar-refractivity contribution in [2.24, 2.45) is 0 Å². The number of hydrogen-bond acceptors (Lipinski definition) is 4. The van der Waals surface area contributed by atoms with Crippen LogP contribution in [-0.2, 0) is 9.59 Å². The van der Waals surface area contributed by atoms with Gasteiger partial charge in [-0.1, -0.05) is 41.1 Å². The number of carbonyl (C=O) groups is 2. The van der Waals surface area contributed by atoms with Crippen LogP contribution in [0.25, 0.3) is 5.76 Å². The highest BCUT2D eigenvalue weighted by atomic mass is 35.5. The van der Waals surface area contributed by atoms with E-state index in [1.165, 1.54) is 16.9 Å². The van der Waals surface area contributed by atoms with Crippen LogP contribution in [0.15, 0.2) is 42.0 Å². The zero-order valence-electron chi connectivity index (χ0n) is 18.5. The first kappa shape index (κ1) is 24.1. The van der Waals surface area contributed by atoms with Crippen molar-refractivity contribution >= 4 is 40.7 Å². The van der Waals surface area contributed by atoms with Gasteiger partial charge in [0.2, 0.25) is 5.78 Å². The molecule has 170 valence electrons. The lowest BCUT2D eigenvalue weighted by atomic mass is 9.94. The summed E-state index contributed by atoms with van der Waals surface area (Å²) in [6.07, 6.45) is 0.683. The number of carbonyl (C=O) groups excluding carboxylic acids is 2. The second-order valence-electron chi connectivity index (χ2n) is 8.14. The number of quaternary nitrogens is 1. The molecule has 1 N–H and O–H groups in total. The number of ether oxygens (including phenoxy) is 1. The van der Waals surface area contributed by atoms with Gasteiger partial charge in [0.1, 0.15) is 5.75 Å². The van der Waals surface area contributed by atoms with Crippen molar-refractivity contribution in [3.05, 3.63) is 68.7 Å². The van der Waals surface area contributed by atoms with E-state index in [4.69, 9.17) is 27.9 Å². The number of rotatable bonds is 7. The molecule has 1 heterocycles. The SMILES string of the molecule is COc1ccc(C([O-])=C2C(=O)C(=O)N(CCC[NH+](C)C)C2c2ccc(Cl)c(Cl)c2)c(C)c1. The predicted molar refractivity (Wildman–Crippen MR) is 123 cm³/mol. The molecule has 1 amide bonds. The van der Waals surface area contributed by atoms with Crippen LogP contribution >= 0.6 is 23.2 Å². The summed E-state index contributed by atoms with van der Waals surface area (Å²) in [6.45, 7) is 2.93. The number of likely N-dealkylation sites (tertiary alicyclic amines) is 1. The first-order valence-corrected chi connectivity index (χ1v) is 11.1. The number of halogens is 2. The maximum Gasteiger partial charge on any atom is 0.295 e. The largest absolute Gasteiger partial charge is 0.872 e. The first-order chi connectivity index (χ1) is 15.1. The van der Waals surface area contributed by atoms with Gasteiger partial charge < -0.3 is 19.6 Å². The Hall–Kier alpha value is -2.54. The van der Waals surface area contributed by atoms with Crippen molar-refractivity contribution in [1.82, 2.24) is 4.90 Å². The summed E-state index contributed by atoms with van der Waals surface area (Å²) in [5, 5.41) is 14.2. The summed E-state index contributed by atoms with van der Waals surface area (Å²) in [6, 6.07) is 9.09. The van der Waals surface area contributed by atoms with Crippen LogP contribution in [-0.4, -0.2) is 50.9 Å². The zero-order chi connectivity index (χ0) is 23.6. The maximum atomic E-state index is 13.5. The molecule has 8 heteroatoms. The normalized spacial score (nSPS) is 18.0. The van der Waals surface area contributed by atoms with E-state index in [-0.39, 0.29) is 5.57 Å². The first-order valence-electron chi connectivity index (χ1n) is 10.3. The van der Waals surface area contributed by atoms with Crippen molar-refractivity contribution in [3.63, 3.8) is 0 Å². The Labute approximate surface area is 198 Å². The van der Waals surface area contributed by atoms with Gasteiger partial charge in [-0.15, -0.1) is 0 Å². The molecule has 2 aromatic rings. The van der Waals surface area contributed by atoms with Crippen LogP contribution in [0.2, 0.25) is 10.0 Å². The molecule has 0 bridgehead atoms. The molecule has 1 unspecified atom stereocenters. The molecule has 0 aromatic heterocycles. The summed E-state index contributed by atoms with van der Waals surface area (Å²) in [4.78, 5) is 28.7. The minimum absolute atomic E-state index is 0.0705. The topological polar surface area (TPSA) is 74.1 Å². The van der Waals surface area contributed by atoms with Crippen LogP contribution in [0.5, 0.6) is 5.75 Å². The molecule has 1 saturated heterocycles. The molecule has 1 aliphatic rings. The molecular weight excluding hydrogens is 451 g/mol. The number of nitrogens with zero attached hydrogens (tertiary/aromatic N) is 1. The van der Waals surface area contributed by atoms with E-state index in [0.29, 0.717) is 45.5 Å². The van der Waals surface area contributed by atoms with Crippen molar-refractivity contribution in [3.8, 4) is 5.75 Å². The molecule has 1 atom stereocenters. The fourth-order valence-electron chi connectivity index (χ4n) is 3.90. The third-order valence-electron chi connectivity index (χ3n) is 5.54. The van der Waals surface area contributed by atoms with Crippen molar-refractivity contribution < 1.29 is 24.3 Å². The highest BCUT2D eigenvalue weighted by molar-refractivity contribution is 6.46. The van der Waals surface area contributed by atoms with E-state index < -0.39 is 23.5 Å².